The lowest BCUT2D eigenvalue weighted by atomic mass is 9.82. The summed E-state index contributed by atoms with van der Waals surface area (Å²) in [6, 6.07) is 165. The molecule has 0 aliphatic heterocycles. The number of hydrogen-bond acceptors (Lipinski definition) is 4. The molecule has 22 rings (SSSR count). The average Bonchev–Trinajstić information content (AvgIpc) is 1.57. The zero-order valence-electron chi connectivity index (χ0n) is 70.7. The molecule has 0 radical (unpaired) electrons. The van der Waals surface area contributed by atoms with E-state index in [4.69, 9.17) is 19.9 Å². The van der Waals surface area contributed by atoms with E-state index in [1.807, 2.05) is 0 Å². The highest BCUT2D eigenvalue weighted by molar-refractivity contribution is 5.93. The van der Waals surface area contributed by atoms with Gasteiger partial charge in [0.1, 0.15) is 0 Å². The van der Waals surface area contributed by atoms with Gasteiger partial charge in [0.15, 0.2) is 0 Å². The third kappa shape index (κ3) is 15.4. The van der Waals surface area contributed by atoms with Crippen LogP contribution in [-0.2, 0) is 10.8 Å². The number of aromatic nitrogens is 4. The Balaban J connectivity index is 0.000000154. The first-order valence-corrected chi connectivity index (χ1v) is 43.4. The molecule has 4 aromatic heterocycles. The highest BCUT2D eigenvalue weighted by atomic mass is 14.7. The van der Waals surface area contributed by atoms with Crippen LogP contribution in [-0.4, -0.2) is 19.9 Å². The van der Waals surface area contributed by atoms with Gasteiger partial charge >= 0.3 is 0 Å². The lowest BCUT2D eigenvalue weighted by Gasteiger charge is -2.21. The molecule has 0 unspecified atom stereocenters. The van der Waals surface area contributed by atoms with E-state index in [-0.39, 0.29) is 10.8 Å². The smallest absolute Gasteiger partial charge is 0.0715 e. The van der Waals surface area contributed by atoms with Gasteiger partial charge in [-0.2, -0.15) is 0 Å². The van der Waals surface area contributed by atoms with Crippen LogP contribution in [0.25, 0.3) is 201 Å². The van der Waals surface area contributed by atoms with E-state index in [0.717, 1.165) is 123 Å². The molecular formula is C122H88N4. The van der Waals surface area contributed by atoms with Crippen molar-refractivity contribution in [2.75, 3.05) is 0 Å². The summed E-state index contributed by atoms with van der Waals surface area (Å²) in [5.41, 5.74) is 45.5. The summed E-state index contributed by atoms with van der Waals surface area (Å²) in [6.07, 6.45) is 0. The van der Waals surface area contributed by atoms with Gasteiger partial charge in [0.25, 0.3) is 0 Å². The third-order valence-electron chi connectivity index (χ3n) is 25.3. The van der Waals surface area contributed by atoms with Gasteiger partial charge < -0.3 is 0 Å². The topological polar surface area (TPSA) is 51.6 Å². The fourth-order valence-electron chi connectivity index (χ4n) is 18.6. The molecule has 0 spiro atoms. The van der Waals surface area contributed by atoms with Crippen LogP contribution in [0.2, 0.25) is 0 Å². The van der Waals surface area contributed by atoms with Gasteiger partial charge in [-0.25, -0.2) is 19.9 Å². The Morgan fingerprint density at radius 1 is 0.119 bits per heavy atom. The molecule has 126 heavy (non-hydrogen) atoms. The SMILES string of the molecule is CC1(C)c2ccc(-c3cccc(-c4cc(-c5ccccc5)cc(-c5ccccc5)n4)c3)cc2-c2cc(-c3cccc(-c4cc(-c5ccccc5)cc(-c5ccccc5)n4)c3)ccc21.CC1(C)c2ccc(-c3cccc(-c4cc(-c5ccccc5)nc(-c5ccccc5)c4)c3)cc2-c2cc(-c3cccc(-c4cc(-c5ccccc5)nc(-c5ccccc5)c4)c3)ccc21. The fraction of sp³-hybridized carbons (Fsp3) is 0.0492. The van der Waals surface area contributed by atoms with Crippen LogP contribution >= 0.6 is 0 Å². The normalized spacial score (nSPS) is 12.4. The molecule has 4 nitrogen and oxygen atoms in total. The lowest BCUT2D eigenvalue weighted by Crippen LogP contribution is -2.14. The van der Waals surface area contributed by atoms with Gasteiger partial charge in [-0.3, -0.25) is 0 Å². The first kappa shape index (κ1) is 77.4. The first-order chi connectivity index (χ1) is 61.9. The van der Waals surface area contributed by atoms with Crippen LogP contribution in [0.5, 0.6) is 0 Å². The van der Waals surface area contributed by atoms with Crippen LogP contribution in [0.15, 0.2) is 461 Å². The molecule has 0 saturated carbocycles. The highest BCUT2D eigenvalue weighted by Gasteiger charge is 2.38. The Morgan fingerprint density at radius 3 is 0.484 bits per heavy atom. The number of benzene rings is 16. The Morgan fingerprint density at radius 2 is 0.270 bits per heavy atom. The van der Waals surface area contributed by atoms with Gasteiger partial charge in [-0.05, 0) is 231 Å². The second-order valence-electron chi connectivity index (χ2n) is 34.0. The van der Waals surface area contributed by atoms with Crippen LogP contribution < -0.4 is 0 Å². The maximum atomic E-state index is 5.24. The fourth-order valence-corrected chi connectivity index (χ4v) is 18.6. The largest absolute Gasteiger partial charge is 0.248 e. The number of hydrogen-bond donors (Lipinski definition) is 0. The van der Waals surface area contributed by atoms with Crippen molar-refractivity contribution in [1.29, 1.82) is 0 Å². The molecule has 596 valence electrons. The number of pyridine rings is 4. The van der Waals surface area contributed by atoms with Crippen molar-refractivity contribution in [2.24, 2.45) is 0 Å². The number of nitrogens with zero attached hydrogens (tertiary/aromatic N) is 4. The minimum atomic E-state index is -0.128. The van der Waals surface area contributed by atoms with Crippen LogP contribution in [0.4, 0.5) is 0 Å². The molecule has 0 fully saturated rings. The predicted octanol–water partition coefficient (Wildman–Crippen LogP) is 32.2. The zero-order valence-corrected chi connectivity index (χ0v) is 70.7. The molecule has 2 aliphatic rings. The Hall–Kier alpha value is -15.9. The summed E-state index contributed by atoms with van der Waals surface area (Å²) in [7, 11) is 0. The summed E-state index contributed by atoms with van der Waals surface area (Å²) in [4.78, 5) is 20.7. The maximum Gasteiger partial charge on any atom is 0.0715 e. The number of rotatable bonds is 16. The van der Waals surface area contributed by atoms with E-state index in [1.165, 1.54) is 100 Å². The molecule has 0 N–H and O–H groups in total. The van der Waals surface area contributed by atoms with Gasteiger partial charge in [0.2, 0.25) is 0 Å². The summed E-state index contributed by atoms with van der Waals surface area (Å²) >= 11 is 0. The van der Waals surface area contributed by atoms with Gasteiger partial charge in [0, 0.05) is 55.3 Å². The van der Waals surface area contributed by atoms with Crippen molar-refractivity contribution in [3.8, 4) is 201 Å². The summed E-state index contributed by atoms with van der Waals surface area (Å²) < 4.78 is 0. The average molecular weight is 1610 g/mol. The molecule has 16 aromatic carbocycles. The van der Waals surface area contributed by atoms with Crippen molar-refractivity contribution < 1.29 is 0 Å². The highest BCUT2D eigenvalue weighted by Crippen LogP contribution is 2.54. The van der Waals surface area contributed by atoms with Crippen molar-refractivity contribution in [3.63, 3.8) is 0 Å². The Bertz CT molecular complexity index is 6330. The van der Waals surface area contributed by atoms with E-state index in [1.54, 1.807) is 0 Å². The van der Waals surface area contributed by atoms with Crippen LogP contribution in [0.1, 0.15) is 49.9 Å². The Kier molecular flexibility index (Phi) is 20.4. The van der Waals surface area contributed by atoms with E-state index in [9.17, 15) is 0 Å². The van der Waals surface area contributed by atoms with Crippen molar-refractivity contribution in [1.82, 2.24) is 19.9 Å². The van der Waals surface area contributed by atoms with Crippen molar-refractivity contribution in [2.45, 2.75) is 38.5 Å². The Labute approximate surface area is 738 Å². The quantitative estimate of drug-likeness (QED) is 0.0967. The van der Waals surface area contributed by atoms with E-state index >= 15 is 0 Å². The van der Waals surface area contributed by atoms with Crippen LogP contribution in [0, 0.1) is 0 Å². The molecule has 0 atom stereocenters. The standard InChI is InChI=1S/2C61H44N2/c1-61(2)55-31-29-47(45-25-15-27-49(33-45)59-39-51(41-17-7-3-8-18-41)37-57(62-59)43-21-11-5-12-22-43)35-53(55)54-36-48(30-32-56(54)61)46-26-16-28-50(34-46)60-40-52(42-19-9-4-10-20-42)38-58(63-60)44-23-13-6-14-24-44;1-61(2)55-31-29-49(45-25-15-27-47(33-45)51-37-57(41-17-7-3-8-18-41)62-58(38-51)42-19-9-4-10-20-42)35-53(55)54-36-50(30-32-56(54)61)46-26-16-28-48(34-46)52-39-59(43-21-11-5-12-22-43)63-60(40-52)44-23-13-6-14-24-44/h2*3-40H,1-2H3. The van der Waals surface area contributed by atoms with Gasteiger partial charge in [-0.1, -0.05) is 392 Å². The monoisotopic (exact) mass is 1610 g/mol. The zero-order chi connectivity index (χ0) is 84.7. The van der Waals surface area contributed by atoms with Crippen LogP contribution in [0.3, 0.4) is 0 Å². The summed E-state index contributed by atoms with van der Waals surface area (Å²) in [5.74, 6) is 0. The molecule has 2 aliphatic carbocycles. The molecule has 0 amide bonds. The molecule has 4 heteroatoms. The minimum absolute atomic E-state index is 0.122. The number of fused-ring (bicyclic) bond motifs is 6. The second-order valence-corrected chi connectivity index (χ2v) is 34.0. The van der Waals surface area contributed by atoms with E-state index in [0.29, 0.717) is 0 Å². The summed E-state index contributed by atoms with van der Waals surface area (Å²) in [5, 5.41) is 0. The lowest BCUT2D eigenvalue weighted by molar-refractivity contribution is 0.660. The molecule has 4 heterocycles. The minimum Gasteiger partial charge on any atom is -0.248 e. The summed E-state index contributed by atoms with van der Waals surface area (Å²) in [6.45, 7) is 9.41. The first-order valence-electron chi connectivity index (χ1n) is 43.4. The van der Waals surface area contributed by atoms with E-state index in [2.05, 4.69) is 489 Å². The molecular weight excluding hydrogens is 1520 g/mol. The molecule has 0 saturated heterocycles. The maximum absolute atomic E-state index is 5.24. The molecule has 20 aromatic rings. The van der Waals surface area contributed by atoms with Crippen molar-refractivity contribution >= 4 is 0 Å². The van der Waals surface area contributed by atoms with Gasteiger partial charge in [0.05, 0.1) is 45.6 Å². The van der Waals surface area contributed by atoms with E-state index < -0.39 is 0 Å². The molecule has 0 bridgehead atoms. The second kappa shape index (κ2) is 33.2. The predicted molar refractivity (Wildman–Crippen MR) is 526 cm³/mol. The van der Waals surface area contributed by atoms with Crippen molar-refractivity contribution in [3.05, 3.63) is 483 Å². The van der Waals surface area contributed by atoms with Gasteiger partial charge in [-0.15, -0.1) is 0 Å². The third-order valence-corrected chi connectivity index (χ3v) is 25.3.